The van der Waals surface area contributed by atoms with E-state index in [1.165, 1.54) is 27.8 Å². The number of rotatable bonds is 6. The number of nitro groups is 1. The molecule has 8 heteroatoms. The van der Waals surface area contributed by atoms with Crippen LogP contribution in [0.2, 0.25) is 0 Å². The predicted molar refractivity (Wildman–Crippen MR) is 111 cm³/mol. The Morgan fingerprint density at radius 1 is 1.10 bits per heavy atom. The standard InChI is InChI=1S/C21H22N4O4/c1-4-14-23(20(26)17-12-8-9-13-18(17)25(28)29)19-15(2)22(3)24(21(19)27)16-10-6-5-7-11-16/h5-13H,4,14H2,1-3H3. The molecule has 1 aromatic heterocycles. The molecule has 3 aromatic rings. The Morgan fingerprint density at radius 2 is 1.72 bits per heavy atom. The molecule has 0 fully saturated rings. The fraction of sp³-hybridized carbons (Fsp3) is 0.238. The topological polar surface area (TPSA) is 90.4 Å². The number of nitrogens with zero attached hydrogens (tertiary/aromatic N) is 4. The fourth-order valence-corrected chi connectivity index (χ4v) is 3.36. The van der Waals surface area contributed by atoms with Crippen molar-refractivity contribution in [1.82, 2.24) is 9.36 Å². The summed E-state index contributed by atoms with van der Waals surface area (Å²) in [6.45, 7) is 3.90. The highest BCUT2D eigenvalue weighted by Crippen LogP contribution is 2.25. The van der Waals surface area contributed by atoms with Crippen LogP contribution in [0.4, 0.5) is 11.4 Å². The van der Waals surface area contributed by atoms with Gasteiger partial charge in [-0.2, -0.15) is 0 Å². The van der Waals surface area contributed by atoms with Gasteiger partial charge in [0.25, 0.3) is 17.2 Å². The van der Waals surface area contributed by atoms with Gasteiger partial charge >= 0.3 is 0 Å². The van der Waals surface area contributed by atoms with Gasteiger partial charge in [0.2, 0.25) is 0 Å². The zero-order valence-corrected chi connectivity index (χ0v) is 16.5. The number of nitro benzene ring substituents is 1. The lowest BCUT2D eigenvalue weighted by atomic mass is 10.1. The molecule has 29 heavy (non-hydrogen) atoms. The molecule has 0 saturated heterocycles. The number of benzene rings is 2. The molecule has 150 valence electrons. The highest BCUT2D eigenvalue weighted by Gasteiger charge is 2.30. The summed E-state index contributed by atoms with van der Waals surface area (Å²) in [5.41, 5.74) is 0.816. The van der Waals surface area contributed by atoms with E-state index in [1.54, 1.807) is 36.9 Å². The highest BCUT2D eigenvalue weighted by molar-refractivity contribution is 6.08. The van der Waals surface area contributed by atoms with Crippen LogP contribution in [0.25, 0.3) is 5.69 Å². The quantitative estimate of drug-likeness (QED) is 0.473. The van der Waals surface area contributed by atoms with Gasteiger partial charge in [0.1, 0.15) is 11.3 Å². The summed E-state index contributed by atoms with van der Waals surface area (Å²) in [5, 5.41) is 11.4. The SMILES string of the molecule is CCCN(C(=O)c1ccccc1[N+](=O)[O-])c1c(C)n(C)n(-c2ccccc2)c1=O. The third-order valence-electron chi connectivity index (χ3n) is 4.82. The smallest absolute Gasteiger partial charge is 0.295 e. The molecule has 8 nitrogen and oxygen atoms in total. The second-order valence-electron chi connectivity index (χ2n) is 6.64. The molecular formula is C21H22N4O4. The molecule has 0 aliphatic carbocycles. The molecule has 0 radical (unpaired) electrons. The van der Waals surface area contributed by atoms with Crippen LogP contribution in [-0.2, 0) is 7.05 Å². The second-order valence-corrected chi connectivity index (χ2v) is 6.64. The Kier molecular flexibility index (Phi) is 5.63. The van der Waals surface area contributed by atoms with Crippen LogP contribution in [0.3, 0.4) is 0 Å². The number of hydrogen-bond donors (Lipinski definition) is 0. The summed E-state index contributed by atoms with van der Waals surface area (Å²) < 4.78 is 3.17. The molecule has 0 aliphatic heterocycles. The normalized spacial score (nSPS) is 10.7. The van der Waals surface area contributed by atoms with E-state index in [0.717, 1.165) is 0 Å². The van der Waals surface area contributed by atoms with Gasteiger partial charge in [-0.05, 0) is 31.5 Å². The predicted octanol–water partition coefficient (Wildman–Crippen LogP) is 3.45. The average Bonchev–Trinajstić information content (AvgIpc) is 2.95. The maximum absolute atomic E-state index is 13.3. The maximum Gasteiger partial charge on any atom is 0.295 e. The van der Waals surface area contributed by atoms with E-state index in [1.807, 2.05) is 25.1 Å². The summed E-state index contributed by atoms with van der Waals surface area (Å²) in [4.78, 5) is 38.7. The summed E-state index contributed by atoms with van der Waals surface area (Å²) in [7, 11) is 1.74. The van der Waals surface area contributed by atoms with Crippen molar-refractivity contribution in [2.45, 2.75) is 20.3 Å². The van der Waals surface area contributed by atoms with Crippen LogP contribution in [0.5, 0.6) is 0 Å². The van der Waals surface area contributed by atoms with Crippen LogP contribution in [-0.4, -0.2) is 26.7 Å². The Bertz CT molecular complexity index is 1120. The van der Waals surface area contributed by atoms with Crippen molar-refractivity contribution in [3.05, 3.63) is 86.3 Å². The van der Waals surface area contributed by atoms with Crippen molar-refractivity contribution in [2.24, 2.45) is 7.05 Å². The molecular weight excluding hydrogens is 372 g/mol. The van der Waals surface area contributed by atoms with E-state index < -0.39 is 10.8 Å². The lowest BCUT2D eigenvalue weighted by Gasteiger charge is -2.21. The zero-order chi connectivity index (χ0) is 21.1. The number of carbonyl (C=O) groups is 1. The van der Waals surface area contributed by atoms with Crippen LogP contribution in [0.1, 0.15) is 29.4 Å². The van der Waals surface area contributed by atoms with Gasteiger partial charge in [-0.1, -0.05) is 37.3 Å². The van der Waals surface area contributed by atoms with Crippen molar-refractivity contribution >= 4 is 17.3 Å². The molecule has 0 aliphatic rings. The van der Waals surface area contributed by atoms with Gasteiger partial charge in [0, 0.05) is 19.7 Å². The minimum atomic E-state index is -0.586. The molecule has 1 heterocycles. The molecule has 2 aromatic carbocycles. The molecule has 3 rings (SSSR count). The van der Waals surface area contributed by atoms with Crippen molar-refractivity contribution < 1.29 is 9.72 Å². The van der Waals surface area contributed by atoms with Gasteiger partial charge in [-0.25, -0.2) is 4.68 Å². The van der Waals surface area contributed by atoms with E-state index in [0.29, 0.717) is 17.8 Å². The summed E-state index contributed by atoms with van der Waals surface area (Å²) in [5.74, 6) is -0.565. The van der Waals surface area contributed by atoms with Crippen LogP contribution in [0, 0.1) is 17.0 Å². The van der Waals surface area contributed by atoms with Crippen molar-refractivity contribution in [1.29, 1.82) is 0 Å². The number of aromatic nitrogens is 2. The second kappa shape index (κ2) is 8.14. The molecule has 0 N–H and O–H groups in total. The maximum atomic E-state index is 13.3. The van der Waals surface area contributed by atoms with Crippen LogP contribution >= 0.6 is 0 Å². The van der Waals surface area contributed by atoms with Gasteiger partial charge in [0.15, 0.2) is 0 Å². The van der Waals surface area contributed by atoms with Gasteiger partial charge in [-0.15, -0.1) is 0 Å². The van der Waals surface area contributed by atoms with E-state index in [4.69, 9.17) is 0 Å². The first-order valence-electron chi connectivity index (χ1n) is 9.27. The van der Waals surface area contributed by atoms with Crippen molar-refractivity contribution in [3.8, 4) is 5.69 Å². The van der Waals surface area contributed by atoms with Crippen molar-refractivity contribution in [2.75, 3.05) is 11.4 Å². The van der Waals surface area contributed by atoms with Crippen LogP contribution in [0.15, 0.2) is 59.4 Å². The summed E-state index contributed by atoms with van der Waals surface area (Å²) >= 11 is 0. The van der Waals surface area contributed by atoms with Gasteiger partial charge in [-0.3, -0.25) is 24.4 Å². The van der Waals surface area contributed by atoms with Gasteiger partial charge < -0.3 is 4.90 Å². The van der Waals surface area contributed by atoms with Crippen molar-refractivity contribution in [3.63, 3.8) is 0 Å². The van der Waals surface area contributed by atoms with E-state index in [9.17, 15) is 19.7 Å². The zero-order valence-electron chi connectivity index (χ0n) is 16.5. The number of hydrogen-bond acceptors (Lipinski definition) is 4. The molecule has 1 amide bonds. The third kappa shape index (κ3) is 3.56. The number of carbonyl (C=O) groups excluding carboxylic acids is 1. The Labute approximate surface area is 167 Å². The monoisotopic (exact) mass is 394 g/mol. The Morgan fingerprint density at radius 3 is 2.34 bits per heavy atom. The lowest BCUT2D eigenvalue weighted by Crippen LogP contribution is -2.36. The molecule has 0 spiro atoms. The molecule has 0 atom stereocenters. The third-order valence-corrected chi connectivity index (χ3v) is 4.82. The summed E-state index contributed by atoms with van der Waals surface area (Å²) in [6, 6.07) is 14.9. The lowest BCUT2D eigenvalue weighted by molar-refractivity contribution is -0.385. The molecule has 0 bridgehead atoms. The largest absolute Gasteiger partial charge is 0.302 e. The first kappa shape index (κ1) is 20.1. The minimum Gasteiger partial charge on any atom is -0.302 e. The van der Waals surface area contributed by atoms with Gasteiger partial charge in [0.05, 0.1) is 16.3 Å². The number of para-hydroxylation sites is 2. The van der Waals surface area contributed by atoms with E-state index in [-0.39, 0.29) is 29.0 Å². The Balaban J connectivity index is 2.18. The summed E-state index contributed by atoms with van der Waals surface area (Å²) in [6.07, 6.45) is 0.589. The van der Waals surface area contributed by atoms with Crippen LogP contribution < -0.4 is 10.5 Å². The van der Waals surface area contributed by atoms with E-state index >= 15 is 0 Å². The first-order valence-corrected chi connectivity index (χ1v) is 9.27. The number of amides is 1. The van der Waals surface area contributed by atoms with E-state index in [2.05, 4.69) is 0 Å². The fourth-order valence-electron chi connectivity index (χ4n) is 3.36. The molecule has 0 unspecified atom stereocenters. The first-order chi connectivity index (χ1) is 13.9. The highest BCUT2D eigenvalue weighted by atomic mass is 16.6. The number of anilines is 1. The Hall–Kier alpha value is -3.68. The molecule has 0 saturated carbocycles. The minimum absolute atomic E-state index is 0.0418. The average molecular weight is 394 g/mol.